The molecule has 0 radical (unpaired) electrons. The molecule has 0 unspecified atom stereocenters. The van der Waals surface area contributed by atoms with Crippen LogP contribution in [0.1, 0.15) is 20.3 Å². The van der Waals surface area contributed by atoms with Crippen molar-refractivity contribution in [2.75, 3.05) is 5.75 Å². The van der Waals surface area contributed by atoms with Crippen LogP contribution in [0.5, 0.6) is 0 Å². The minimum atomic E-state index is -3.09. The van der Waals surface area contributed by atoms with Crippen molar-refractivity contribution in [1.82, 2.24) is 0 Å². The molecule has 0 N–H and O–H groups in total. The van der Waals surface area contributed by atoms with Crippen molar-refractivity contribution >= 4 is 25.8 Å². The van der Waals surface area contributed by atoms with Crippen LogP contribution >= 0.6 is 15.9 Å². The smallest absolute Gasteiger partial charge is 0.178 e. The first-order valence-corrected chi connectivity index (χ1v) is 7.34. The van der Waals surface area contributed by atoms with Crippen molar-refractivity contribution in [2.24, 2.45) is 5.92 Å². The van der Waals surface area contributed by atoms with Gasteiger partial charge in [-0.05, 0) is 36.6 Å². The molecule has 0 aromatic heterocycles. The Morgan fingerprint density at radius 3 is 2.20 bits per heavy atom. The summed E-state index contributed by atoms with van der Waals surface area (Å²) in [5.41, 5.74) is 0. The van der Waals surface area contributed by atoms with Crippen LogP contribution in [-0.4, -0.2) is 14.2 Å². The second-order valence-electron chi connectivity index (χ2n) is 3.96. The second kappa shape index (κ2) is 5.12. The summed E-state index contributed by atoms with van der Waals surface area (Å²) in [5.74, 6) is 0.641. The minimum absolute atomic E-state index is 0.228. The van der Waals surface area contributed by atoms with Gasteiger partial charge < -0.3 is 0 Å². The maximum atomic E-state index is 11.8. The molecule has 4 heteroatoms. The molecule has 0 bridgehead atoms. The Balaban J connectivity index is 2.82. The molecule has 0 fully saturated rings. The van der Waals surface area contributed by atoms with E-state index in [4.69, 9.17) is 0 Å². The van der Waals surface area contributed by atoms with E-state index in [0.717, 1.165) is 4.47 Å². The lowest BCUT2D eigenvalue weighted by molar-refractivity contribution is 0.573. The van der Waals surface area contributed by atoms with Gasteiger partial charge in [-0.15, -0.1) is 0 Å². The predicted octanol–water partition coefficient (Wildman–Crippen LogP) is 3.27. The Bertz CT molecular complexity index is 407. The zero-order valence-electron chi connectivity index (χ0n) is 8.90. The highest BCUT2D eigenvalue weighted by molar-refractivity contribution is 9.10. The van der Waals surface area contributed by atoms with Crippen LogP contribution < -0.4 is 0 Å². The molecular weight excluding hydrogens is 276 g/mol. The van der Waals surface area contributed by atoms with Crippen LogP contribution in [0.25, 0.3) is 0 Å². The van der Waals surface area contributed by atoms with Gasteiger partial charge in [0.2, 0.25) is 0 Å². The van der Waals surface area contributed by atoms with Crippen LogP contribution in [0.4, 0.5) is 0 Å². The van der Waals surface area contributed by atoms with E-state index < -0.39 is 9.84 Å². The highest BCUT2D eigenvalue weighted by Crippen LogP contribution is 2.17. The molecule has 0 aliphatic rings. The Morgan fingerprint density at radius 1 is 1.20 bits per heavy atom. The van der Waals surface area contributed by atoms with Gasteiger partial charge in [0.05, 0.1) is 10.6 Å². The van der Waals surface area contributed by atoms with Crippen LogP contribution in [0.3, 0.4) is 0 Å². The van der Waals surface area contributed by atoms with Crippen molar-refractivity contribution in [3.8, 4) is 0 Å². The standard InChI is InChI=1S/C11H15BrO2S/c1-9(2)7-8-15(13,14)11-5-3-10(12)4-6-11/h3-6,9H,7-8H2,1-2H3. The van der Waals surface area contributed by atoms with Gasteiger partial charge in [0, 0.05) is 4.47 Å². The van der Waals surface area contributed by atoms with E-state index >= 15 is 0 Å². The number of hydrogen-bond donors (Lipinski definition) is 0. The highest BCUT2D eigenvalue weighted by Gasteiger charge is 2.14. The number of benzene rings is 1. The summed E-state index contributed by atoms with van der Waals surface area (Å²) in [7, 11) is -3.09. The molecule has 84 valence electrons. The Kier molecular flexibility index (Phi) is 4.34. The molecule has 0 saturated carbocycles. The molecule has 0 heterocycles. The van der Waals surface area contributed by atoms with Crippen molar-refractivity contribution < 1.29 is 8.42 Å². The quantitative estimate of drug-likeness (QED) is 0.853. The highest BCUT2D eigenvalue weighted by atomic mass is 79.9. The summed E-state index contributed by atoms with van der Waals surface area (Å²) in [6.45, 7) is 4.05. The van der Waals surface area contributed by atoms with Gasteiger partial charge in [-0.2, -0.15) is 0 Å². The second-order valence-corrected chi connectivity index (χ2v) is 6.98. The summed E-state index contributed by atoms with van der Waals surface area (Å²) < 4.78 is 24.6. The Hall–Kier alpha value is -0.350. The first-order chi connectivity index (χ1) is 6.92. The first-order valence-electron chi connectivity index (χ1n) is 4.90. The van der Waals surface area contributed by atoms with Crippen LogP contribution in [0.15, 0.2) is 33.6 Å². The maximum absolute atomic E-state index is 11.8. The van der Waals surface area contributed by atoms with E-state index in [0.29, 0.717) is 17.2 Å². The van der Waals surface area contributed by atoms with E-state index in [9.17, 15) is 8.42 Å². The summed E-state index contributed by atoms with van der Waals surface area (Å²) in [4.78, 5) is 0.409. The molecule has 2 nitrogen and oxygen atoms in total. The molecule has 0 aliphatic heterocycles. The molecule has 0 atom stereocenters. The van der Waals surface area contributed by atoms with Gasteiger partial charge in [-0.3, -0.25) is 0 Å². The summed E-state index contributed by atoms with van der Waals surface area (Å²) in [6, 6.07) is 6.78. The lowest BCUT2D eigenvalue weighted by Crippen LogP contribution is -2.08. The van der Waals surface area contributed by atoms with Crippen LogP contribution in [0.2, 0.25) is 0 Å². The lowest BCUT2D eigenvalue weighted by Gasteiger charge is -2.06. The van der Waals surface area contributed by atoms with E-state index in [-0.39, 0.29) is 5.75 Å². The third-order valence-corrected chi connectivity index (χ3v) is 4.43. The molecule has 0 saturated heterocycles. The lowest BCUT2D eigenvalue weighted by atomic mass is 10.2. The van der Waals surface area contributed by atoms with Crippen molar-refractivity contribution in [1.29, 1.82) is 0 Å². The fraction of sp³-hybridized carbons (Fsp3) is 0.455. The van der Waals surface area contributed by atoms with Crippen molar-refractivity contribution in [3.05, 3.63) is 28.7 Å². The molecule has 0 amide bonds. The third kappa shape index (κ3) is 3.95. The molecule has 0 aliphatic carbocycles. The summed E-state index contributed by atoms with van der Waals surface area (Å²) >= 11 is 3.28. The fourth-order valence-corrected chi connectivity index (χ4v) is 2.98. The molecular formula is C11H15BrO2S. The topological polar surface area (TPSA) is 34.1 Å². The van der Waals surface area contributed by atoms with E-state index in [1.807, 2.05) is 13.8 Å². The SMILES string of the molecule is CC(C)CCS(=O)(=O)c1ccc(Br)cc1. The molecule has 1 aromatic rings. The largest absolute Gasteiger partial charge is 0.224 e. The summed E-state index contributed by atoms with van der Waals surface area (Å²) in [6.07, 6.45) is 0.707. The maximum Gasteiger partial charge on any atom is 0.178 e. The molecule has 1 aromatic carbocycles. The van der Waals surface area contributed by atoms with Crippen molar-refractivity contribution in [2.45, 2.75) is 25.2 Å². The minimum Gasteiger partial charge on any atom is -0.224 e. The monoisotopic (exact) mass is 290 g/mol. The summed E-state index contributed by atoms with van der Waals surface area (Å²) in [5, 5.41) is 0. The zero-order valence-corrected chi connectivity index (χ0v) is 11.3. The molecule has 0 spiro atoms. The van der Waals surface area contributed by atoms with Gasteiger partial charge in [0.1, 0.15) is 0 Å². The normalized spacial score (nSPS) is 12.0. The Labute approximate surface area is 99.7 Å². The van der Waals surface area contributed by atoms with Gasteiger partial charge in [-0.1, -0.05) is 29.8 Å². The number of hydrogen-bond acceptors (Lipinski definition) is 2. The number of halogens is 1. The number of sulfone groups is 1. The van der Waals surface area contributed by atoms with Gasteiger partial charge in [0.25, 0.3) is 0 Å². The van der Waals surface area contributed by atoms with Crippen LogP contribution in [0, 0.1) is 5.92 Å². The molecule has 15 heavy (non-hydrogen) atoms. The van der Waals surface area contributed by atoms with Gasteiger partial charge in [-0.25, -0.2) is 8.42 Å². The van der Waals surface area contributed by atoms with Gasteiger partial charge in [0.15, 0.2) is 9.84 Å². The molecule has 1 rings (SSSR count). The predicted molar refractivity (Wildman–Crippen MR) is 65.6 cm³/mol. The first kappa shape index (κ1) is 12.7. The average molecular weight is 291 g/mol. The van der Waals surface area contributed by atoms with Gasteiger partial charge >= 0.3 is 0 Å². The third-order valence-electron chi connectivity index (χ3n) is 2.14. The number of rotatable bonds is 4. The van der Waals surface area contributed by atoms with Crippen LogP contribution in [-0.2, 0) is 9.84 Å². The van der Waals surface area contributed by atoms with Crippen molar-refractivity contribution in [3.63, 3.8) is 0 Å². The van der Waals surface area contributed by atoms with E-state index in [1.54, 1.807) is 24.3 Å². The van der Waals surface area contributed by atoms with E-state index in [1.165, 1.54) is 0 Å². The Morgan fingerprint density at radius 2 is 1.73 bits per heavy atom. The fourth-order valence-electron chi connectivity index (χ4n) is 1.15. The zero-order chi connectivity index (χ0) is 11.5. The average Bonchev–Trinajstić information content (AvgIpc) is 2.16. The van der Waals surface area contributed by atoms with E-state index in [2.05, 4.69) is 15.9 Å².